The number of pyridine rings is 1. The normalized spacial score (nSPS) is 14.3. The van der Waals surface area contributed by atoms with E-state index in [2.05, 4.69) is 9.38 Å². The van der Waals surface area contributed by atoms with Crippen molar-refractivity contribution in [1.82, 2.24) is 4.98 Å². The van der Waals surface area contributed by atoms with Crippen LogP contribution in [0.4, 0.5) is 4.39 Å². The van der Waals surface area contributed by atoms with Gasteiger partial charge in [-0.25, -0.2) is 8.60 Å². The van der Waals surface area contributed by atoms with Gasteiger partial charge in [-0.15, -0.1) is 0 Å². The summed E-state index contributed by atoms with van der Waals surface area (Å²) in [5.74, 6) is -0.654. The van der Waals surface area contributed by atoms with Crippen molar-refractivity contribution >= 4 is 28.8 Å². The molecule has 1 atom stereocenters. The maximum atomic E-state index is 13.4. The summed E-state index contributed by atoms with van der Waals surface area (Å²) in [6.45, 7) is 5.34. The quantitative estimate of drug-likeness (QED) is 0.769. The minimum absolute atomic E-state index is 0.00917. The summed E-state index contributed by atoms with van der Waals surface area (Å²) in [5.41, 5.74) is -0.00917. The SMILES string of the molecule is CC(C)(C)[S@](=O)/N=C/c1nccc(Cl)c1F. The molecule has 0 saturated heterocycles. The Balaban J connectivity index is 2.94. The molecule has 1 rings (SSSR count). The molecule has 1 aromatic heterocycles. The molecule has 3 nitrogen and oxygen atoms in total. The molecular weight excluding hydrogens is 251 g/mol. The predicted molar refractivity (Wildman–Crippen MR) is 64.7 cm³/mol. The lowest BCUT2D eigenvalue weighted by Crippen LogP contribution is -2.19. The van der Waals surface area contributed by atoms with E-state index in [1.54, 1.807) is 20.8 Å². The average Bonchev–Trinajstić information content (AvgIpc) is 2.18. The van der Waals surface area contributed by atoms with E-state index in [4.69, 9.17) is 11.6 Å². The Kier molecular flexibility index (Phi) is 4.15. The average molecular weight is 263 g/mol. The third-order valence-corrected chi connectivity index (χ3v) is 3.30. The zero-order chi connectivity index (χ0) is 12.3. The lowest BCUT2D eigenvalue weighted by atomic mass is 10.3. The summed E-state index contributed by atoms with van der Waals surface area (Å²) in [7, 11) is -1.43. The van der Waals surface area contributed by atoms with Crippen molar-refractivity contribution in [3.63, 3.8) is 0 Å². The third kappa shape index (κ3) is 3.35. The van der Waals surface area contributed by atoms with E-state index in [0.717, 1.165) is 6.21 Å². The molecule has 0 fully saturated rings. The first-order valence-electron chi connectivity index (χ1n) is 4.58. The Morgan fingerprint density at radius 1 is 1.56 bits per heavy atom. The number of hydrogen-bond acceptors (Lipinski definition) is 2. The second-order valence-corrected chi connectivity index (χ2v) is 6.43. The van der Waals surface area contributed by atoms with Gasteiger partial charge in [0.25, 0.3) is 0 Å². The van der Waals surface area contributed by atoms with Gasteiger partial charge in [0.15, 0.2) is 5.82 Å². The minimum Gasteiger partial charge on any atom is -0.252 e. The molecule has 0 saturated carbocycles. The van der Waals surface area contributed by atoms with Crippen LogP contribution >= 0.6 is 11.6 Å². The maximum Gasteiger partial charge on any atom is 0.169 e. The van der Waals surface area contributed by atoms with E-state index in [9.17, 15) is 8.60 Å². The summed E-state index contributed by atoms with van der Waals surface area (Å²) in [6.07, 6.45) is 2.51. The first kappa shape index (κ1) is 13.3. The Labute approximate surface area is 101 Å². The van der Waals surface area contributed by atoms with Crippen LogP contribution in [0.15, 0.2) is 16.7 Å². The Morgan fingerprint density at radius 2 is 2.19 bits per heavy atom. The molecule has 0 N–H and O–H groups in total. The van der Waals surface area contributed by atoms with Crippen LogP contribution in [0.5, 0.6) is 0 Å². The van der Waals surface area contributed by atoms with Gasteiger partial charge in [-0.05, 0) is 26.8 Å². The molecule has 6 heteroatoms. The number of halogens is 2. The number of nitrogens with zero attached hydrogens (tertiary/aromatic N) is 2. The van der Waals surface area contributed by atoms with E-state index < -0.39 is 21.5 Å². The van der Waals surface area contributed by atoms with Crippen molar-refractivity contribution in [3.8, 4) is 0 Å². The van der Waals surface area contributed by atoms with Gasteiger partial charge >= 0.3 is 0 Å². The minimum atomic E-state index is -1.43. The molecule has 16 heavy (non-hydrogen) atoms. The maximum absolute atomic E-state index is 13.4. The number of rotatable bonds is 2. The van der Waals surface area contributed by atoms with E-state index >= 15 is 0 Å². The van der Waals surface area contributed by atoms with Crippen LogP contribution in [-0.4, -0.2) is 20.2 Å². The van der Waals surface area contributed by atoms with Crippen molar-refractivity contribution in [1.29, 1.82) is 0 Å². The Hall–Kier alpha value is -0.810. The molecule has 0 bridgehead atoms. The second kappa shape index (κ2) is 5.01. The van der Waals surface area contributed by atoms with Crippen molar-refractivity contribution in [2.45, 2.75) is 25.5 Å². The molecule has 0 aromatic carbocycles. The highest BCUT2D eigenvalue weighted by Crippen LogP contribution is 2.15. The van der Waals surface area contributed by atoms with Crippen molar-refractivity contribution in [2.75, 3.05) is 0 Å². The van der Waals surface area contributed by atoms with Crippen LogP contribution in [0.3, 0.4) is 0 Å². The lowest BCUT2D eigenvalue weighted by Gasteiger charge is -2.12. The van der Waals surface area contributed by atoms with Crippen LogP contribution in [-0.2, 0) is 11.0 Å². The van der Waals surface area contributed by atoms with Crippen LogP contribution < -0.4 is 0 Å². The molecule has 1 heterocycles. The van der Waals surface area contributed by atoms with E-state index in [1.165, 1.54) is 12.3 Å². The zero-order valence-corrected chi connectivity index (χ0v) is 10.8. The van der Waals surface area contributed by atoms with Crippen LogP contribution in [0, 0.1) is 5.82 Å². The predicted octanol–water partition coefficient (Wildman–Crippen LogP) is 2.76. The summed E-state index contributed by atoms with van der Waals surface area (Å²) < 4.78 is 28.2. The largest absolute Gasteiger partial charge is 0.252 e. The molecule has 0 aliphatic carbocycles. The van der Waals surface area contributed by atoms with Crippen LogP contribution in [0.1, 0.15) is 26.5 Å². The monoisotopic (exact) mass is 262 g/mol. The van der Waals surface area contributed by atoms with Gasteiger partial charge in [0, 0.05) is 6.20 Å². The fourth-order valence-electron chi connectivity index (χ4n) is 0.781. The summed E-state index contributed by atoms with van der Waals surface area (Å²) in [6, 6.07) is 1.34. The van der Waals surface area contributed by atoms with Crippen molar-refractivity contribution in [2.24, 2.45) is 4.40 Å². The smallest absolute Gasteiger partial charge is 0.169 e. The first-order chi connectivity index (χ1) is 7.32. The van der Waals surface area contributed by atoms with Gasteiger partial charge in [-0.2, -0.15) is 4.40 Å². The second-order valence-electron chi connectivity index (χ2n) is 4.09. The van der Waals surface area contributed by atoms with Crippen molar-refractivity contribution in [3.05, 3.63) is 28.8 Å². The molecule has 0 spiro atoms. The van der Waals surface area contributed by atoms with Gasteiger partial charge in [-0.3, -0.25) is 4.98 Å². The summed E-state index contributed by atoms with van der Waals surface area (Å²) in [5, 5.41) is -0.0296. The fraction of sp³-hybridized carbons (Fsp3) is 0.400. The molecule has 0 radical (unpaired) electrons. The zero-order valence-electron chi connectivity index (χ0n) is 9.20. The molecule has 0 amide bonds. The molecule has 0 aliphatic heterocycles. The molecule has 0 aliphatic rings. The van der Waals surface area contributed by atoms with Crippen LogP contribution in [0.2, 0.25) is 5.02 Å². The van der Waals surface area contributed by atoms with Crippen LogP contribution in [0.25, 0.3) is 0 Å². The molecule has 0 unspecified atom stereocenters. The van der Waals surface area contributed by atoms with E-state index in [-0.39, 0.29) is 10.7 Å². The van der Waals surface area contributed by atoms with Gasteiger partial charge in [0.1, 0.15) is 16.7 Å². The summed E-state index contributed by atoms with van der Waals surface area (Å²) >= 11 is 5.57. The van der Waals surface area contributed by atoms with Gasteiger partial charge in [0.2, 0.25) is 0 Å². The Bertz CT molecular complexity index is 443. The topological polar surface area (TPSA) is 42.3 Å². The molecule has 88 valence electrons. The highest BCUT2D eigenvalue weighted by Gasteiger charge is 2.18. The molecule has 1 aromatic rings. The lowest BCUT2D eigenvalue weighted by molar-refractivity contribution is 0.619. The highest BCUT2D eigenvalue weighted by molar-refractivity contribution is 7.85. The van der Waals surface area contributed by atoms with E-state index in [1.807, 2.05) is 0 Å². The third-order valence-electron chi connectivity index (χ3n) is 1.66. The Morgan fingerprint density at radius 3 is 2.75 bits per heavy atom. The first-order valence-corrected chi connectivity index (χ1v) is 6.07. The van der Waals surface area contributed by atoms with Gasteiger partial charge < -0.3 is 0 Å². The molecular formula is C10H12ClFN2OS. The van der Waals surface area contributed by atoms with Gasteiger partial charge in [-0.1, -0.05) is 11.6 Å². The standard InChI is InChI=1S/C10H12ClFN2OS/c1-10(2,3)16(15)14-6-8-9(12)7(11)4-5-13-8/h4-6H,1-3H3/b14-6+/t16-/m0/s1. The van der Waals surface area contributed by atoms with E-state index in [0.29, 0.717) is 0 Å². The number of aromatic nitrogens is 1. The van der Waals surface area contributed by atoms with Gasteiger partial charge in [0.05, 0.1) is 16.0 Å². The summed E-state index contributed by atoms with van der Waals surface area (Å²) in [4.78, 5) is 3.75. The number of hydrogen-bond donors (Lipinski definition) is 0. The highest BCUT2D eigenvalue weighted by atomic mass is 35.5. The van der Waals surface area contributed by atoms with Crippen molar-refractivity contribution < 1.29 is 8.60 Å². The fourth-order valence-corrected chi connectivity index (χ4v) is 1.45.